The first-order chi connectivity index (χ1) is 8.70. The number of nitrogens with zero attached hydrogens (tertiary/aromatic N) is 1. The van der Waals surface area contributed by atoms with Gasteiger partial charge in [0.2, 0.25) is 0 Å². The zero-order chi connectivity index (χ0) is 13.0. The second-order valence-electron chi connectivity index (χ2n) is 3.97. The Kier molecular flexibility index (Phi) is 4.33. The van der Waals surface area contributed by atoms with Crippen LogP contribution < -0.4 is 10.1 Å². The molecule has 0 saturated heterocycles. The third-order valence-electron chi connectivity index (χ3n) is 2.57. The summed E-state index contributed by atoms with van der Waals surface area (Å²) in [6.45, 7) is 2.70. The van der Waals surface area contributed by atoms with E-state index in [2.05, 4.69) is 26.2 Å². The van der Waals surface area contributed by atoms with Crippen LogP contribution in [0.4, 0.5) is 0 Å². The molecular weight excluding hydrogens is 292 g/mol. The molecule has 0 aliphatic rings. The van der Waals surface area contributed by atoms with Gasteiger partial charge in [0.15, 0.2) is 0 Å². The maximum Gasteiger partial charge on any atom is 0.148 e. The maximum atomic E-state index is 5.94. The number of hydrogen-bond donors (Lipinski definition) is 1. The van der Waals surface area contributed by atoms with Crippen LogP contribution in [0.15, 0.2) is 41.0 Å². The van der Waals surface area contributed by atoms with Crippen molar-refractivity contribution in [1.29, 1.82) is 0 Å². The topological polar surface area (TPSA) is 34.1 Å². The highest BCUT2D eigenvalue weighted by molar-refractivity contribution is 9.10. The molecule has 18 heavy (non-hydrogen) atoms. The normalized spacial score (nSPS) is 10.4. The van der Waals surface area contributed by atoms with Crippen LogP contribution in [0.25, 0.3) is 0 Å². The van der Waals surface area contributed by atoms with Crippen LogP contribution in [0.5, 0.6) is 11.5 Å². The van der Waals surface area contributed by atoms with Crippen LogP contribution in [0.2, 0.25) is 0 Å². The zero-order valence-electron chi connectivity index (χ0n) is 10.4. The highest BCUT2D eigenvalue weighted by Crippen LogP contribution is 2.29. The largest absolute Gasteiger partial charge is 0.455 e. The monoisotopic (exact) mass is 306 g/mol. The fourth-order valence-corrected chi connectivity index (χ4v) is 2.00. The molecule has 1 heterocycles. The Morgan fingerprint density at radius 2 is 2.11 bits per heavy atom. The zero-order valence-corrected chi connectivity index (χ0v) is 12.0. The van der Waals surface area contributed by atoms with Crippen molar-refractivity contribution in [2.45, 2.75) is 13.5 Å². The average Bonchev–Trinajstić information content (AvgIpc) is 2.36. The first kappa shape index (κ1) is 13.1. The van der Waals surface area contributed by atoms with Gasteiger partial charge in [0.1, 0.15) is 11.5 Å². The molecular formula is C14H15BrN2O. The van der Waals surface area contributed by atoms with Crippen LogP contribution in [-0.2, 0) is 6.54 Å². The van der Waals surface area contributed by atoms with Crippen molar-refractivity contribution in [3.8, 4) is 11.5 Å². The first-order valence-electron chi connectivity index (χ1n) is 5.73. The number of benzene rings is 1. The number of aryl methyl sites for hydroxylation is 1. The molecule has 0 bridgehead atoms. The molecule has 0 aliphatic heterocycles. The molecule has 1 aromatic carbocycles. The Bertz CT molecular complexity index is 543. The lowest BCUT2D eigenvalue weighted by Crippen LogP contribution is -2.06. The lowest BCUT2D eigenvalue weighted by atomic mass is 10.2. The van der Waals surface area contributed by atoms with Gasteiger partial charge in [-0.05, 0) is 38.2 Å². The van der Waals surface area contributed by atoms with Crippen LogP contribution in [0.1, 0.15) is 11.3 Å². The summed E-state index contributed by atoms with van der Waals surface area (Å²) in [6.07, 6.45) is 1.76. The fraction of sp³-hybridized carbons (Fsp3) is 0.214. The van der Waals surface area contributed by atoms with E-state index in [1.54, 1.807) is 6.20 Å². The second kappa shape index (κ2) is 5.98. The van der Waals surface area contributed by atoms with E-state index in [1.165, 1.54) is 0 Å². The highest BCUT2D eigenvalue weighted by atomic mass is 79.9. The molecule has 0 unspecified atom stereocenters. The molecule has 1 aromatic heterocycles. The Labute approximate surface area is 115 Å². The minimum Gasteiger partial charge on any atom is -0.455 e. The molecule has 4 heteroatoms. The predicted molar refractivity (Wildman–Crippen MR) is 76.0 cm³/mol. The molecule has 2 aromatic rings. The van der Waals surface area contributed by atoms with Crippen LogP contribution in [0.3, 0.4) is 0 Å². The van der Waals surface area contributed by atoms with Crippen molar-refractivity contribution in [3.05, 3.63) is 52.3 Å². The average molecular weight is 307 g/mol. The number of pyridine rings is 1. The molecule has 0 radical (unpaired) electrons. The van der Waals surface area contributed by atoms with E-state index < -0.39 is 0 Å². The van der Waals surface area contributed by atoms with Gasteiger partial charge in [-0.15, -0.1) is 0 Å². The molecule has 0 spiro atoms. The van der Waals surface area contributed by atoms with Gasteiger partial charge in [-0.1, -0.05) is 22.0 Å². The molecule has 3 nitrogen and oxygen atoms in total. The number of hydrogen-bond acceptors (Lipinski definition) is 3. The van der Waals surface area contributed by atoms with E-state index in [-0.39, 0.29) is 0 Å². The molecule has 94 valence electrons. The van der Waals surface area contributed by atoms with Crippen molar-refractivity contribution in [3.63, 3.8) is 0 Å². The van der Waals surface area contributed by atoms with E-state index >= 15 is 0 Å². The van der Waals surface area contributed by atoms with Crippen LogP contribution >= 0.6 is 15.9 Å². The number of halogens is 1. The van der Waals surface area contributed by atoms with Gasteiger partial charge in [0, 0.05) is 22.8 Å². The summed E-state index contributed by atoms with van der Waals surface area (Å²) in [6, 6.07) is 9.82. The van der Waals surface area contributed by atoms with E-state index in [9.17, 15) is 0 Å². The number of aromatic nitrogens is 1. The smallest absolute Gasteiger partial charge is 0.148 e. The standard InChI is InChI=1S/C14H15BrN2O/c1-10-13(4-3-7-17-10)18-14-8-12(15)6-5-11(14)9-16-2/h3-8,16H,9H2,1-2H3. The summed E-state index contributed by atoms with van der Waals surface area (Å²) in [5.41, 5.74) is 2.00. The Balaban J connectivity index is 2.33. The fourth-order valence-electron chi connectivity index (χ4n) is 1.66. The van der Waals surface area contributed by atoms with Gasteiger partial charge < -0.3 is 10.1 Å². The summed E-state index contributed by atoms with van der Waals surface area (Å²) in [7, 11) is 1.92. The van der Waals surface area contributed by atoms with Crippen molar-refractivity contribution < 1.29 is 4.74 Å². The molecule has 0 aliphatic carbocycles. The van der Waals surface area contributed by atoms with Crippen LogP contribution in [0, 0.1) is 6.92 Å². The van der Waals surface area contributed by atoms with Crippen molar-refractivity contribution in [1.82, 2.24) is 10.3 Å². The summed E-state index contributed by atoms with van der Waals surface area (Å²) in [5, 5.41) is 3.13. The second-order valence-corrected chi connectivity index (χ2v) is 4.89. The molecule has 2 rings (SSSR count). The first-order valence-corrected chi connectivity index (χ1v) is 6.52. The third-order valence-corrected chi connectivity index (χ3v) is 3.07. The molecule has 1 N–H and O–H groups in total. The van der Waals surface area contributed by atoms with Gasteiger partial charge in [-0.25, -0.2) is 0 Å². The van der Waals surface area contributed by atoms with Crippen molar-refractivity contribution in [2.75, 3.05) is 7.05 Å². The number of nitrogens with one attached hydrogen (secondary N) is 1. The summed E-state index contributed by atoms with van der Waals surface area (Å²) < 4.78 is 6.94. The van der Waals surface area contributed by atoms with Gasteiger partial charge in [-0.2, -0.15) is 0 Å². The quantitative estimate of drug-likeness (QED) is 0.936. The Morgan fingerprint density at radius 3 is 2.83 bits per heavy atom. The molecule has 0 atom stereocenters. The molecule has 0 fully saturated rings. The van der Waals surface area contributed by atoms with Gasteiger partial charge in [0.25, 0.3) is 0 Å². The van der Waals surface area contributed by atoms with Crippen molar-refractivity contribution >= 4 is 15.9 Å². The maximum absolute atomic E-state index is 5.94. The molecule has 0 saturated carbocycles. The van der Waals surface area contributed by atoms with E-state index in [0.717, 1.165) is 33.8 Å². The molecule has 0 amide bonds. The number of rotatable bonds is 4. The Morgan fingerprint density at radius 1 is 1.28 bits per heavy atom. The van der Waals surface area contributed by atoms with Gasteiger partial charge >= 0.3 is 0 Å². The highest BCUT2D eigenvalue weighted by Gasteiger charge is 2.07. The minimum absolute atomic E-state index is 0.766. The minimum atomic E-state index is 0.766. The summed E-state index contributed by atoms with van der Waals surface area (Å²) in [5.74, 6) is 1.63. The van der Waals surface area contributed by atoms with Gasteiger partial charge in [-0.3, -0.25) is 4.98 Å². The Hall–Kier alpha value is -1.39. The predicted octanol–water partition coefficient (Wildman–Crippen LogP) is 3.66. The SMILES string of the molecule is CNCc1ccc(Br)cc1Oc1cccnc1C. The van der Waals surface area contributed by atoms with E-state index in [4.69, 9.17) is 4.74 Å². The lowest BCUT2D eigenvalue weighted by molar-refractivity contribution is 0.467. The van der Waals surface area contributed by atoms with E-state index in [1.807, 2.05) is 44.3 Å². The lowest BCUT2D eigenvalue weighted by Gasteiger charge is -2.12. The number of ether oxygens (including phenoxy) is 1. The van der Waals surface area contributed by atoms with Gasteiger partial charge in [0.05, 0.1) is 5.69 Å². The van der Waals surface area contributed by atoms with Crippen molar-refractivity contribution in [2.24, 2.45) is 0 Å². The van der Waals surface area contributed by atoms with Crippen LogP contribution in [-0.4, -0.2) is 12.0 Å². The summed E-state index contributed by atoms with van der Waals surface area (Å²) in [4.78, 5) is 4.22. The van der Waals surface area contributed by atoms with E-state index in [0.29, 0.717) is 0 Å². The summed E-state index contributed by atoms with van der Waals surface area (Å²) >= 11 is 3.46. The third kappa shape index (κ3) is 3.09.